The first kappa shape index (κ1) is 24.9. The highest BCUT2D eigenvalue weighted by molar-refractivity contribution is 6.76. The van der Waals surface area contributed by atoms with E-state index in [1.54, 1.807) is 37.5 Å². The molecule has 0 saturated carbocycles. The van der Waals surface area contributed by atoms with E-state index in [-0.39, 0.29) is 0 Å². The number of aromatic nitrogens is 4. The molecule has 0 unspecified atom stereocenters. The number of carbonyl (C=O) groups excluding carboxylic acids is 1. The molecular formula is C26H34N4O4Si. The first-order valence-electron chi connectivity index (χ1n) is 11.9. The molecule has 35 heavy (non-hydrogen) atoms. The van der Waals surface area contributed by atoms with Gasteiger partial charge in [-0.05, 0) is 64.1 Å². The molecule has 0 aliphatic carbocycles. The molecule has 0 aliphatic rings. The van der Waals surface area contributed by atoms with Crippen LogP contribution in [-0.2, 0) is 16.2 Å². The second-order valence-electron chi connectivity index (χ2n) is 11.1. The number of benzene rings is 2. The number of nitrogens with zero attached hydrogens (tertiary/aromatic N) is 4. The first-order chi connectivity index (χ1) is 16.4. The topological polar surface area (TPSA) is 80.3 Å². The molecule has 0 atom stereocenters. The van der Waals surface area contributed by atoms with Crippen LogP contribution in [0.2, 0.25) is 25.7 Å². The molecule has 0 spiro atoms. The molecule has 0 radical (unpaired) electrons. The van der Waals surface area contributed by atoms with E-state index in [0.717, 1.165) is 27.2 Å². The van der Waals surface area contributed by atoms with Crippen molar-refractivity contribution in [2.45, 2.75) is 65.7 Å². The molecule has 2 heterocycles. The summed E-state index contributed by atoms with van der Waals surface area (Å²) in [5.41, 5.74) is 2.37. The molecule has 8 nitrogen and oxygen atoms in total. The van der Waals surface area contributed by atoms with Gasteiger partial charge in [-0.15, -0.1) is 0 Å². The molecule has 0 amide bonds. The van der Waals surface area contributed by atoms with Crippen molar-refractivity contribution in [2.75, 3.05) is 6.61 Å². The van der Waals surface area contributed by atoms with Crippen molar-refractivity contribution in [1.82, 2.24) is 18.9 Å². The number of hydrogen-bond acceptors (Lipinski definition) is 5. The highest BCUT2D eigenvalue weighted by atomic mass is 28.3. The van der Waals surface area contributed by atoms with Crippen molar-refractivity contribution in [1.29, 1.82) is 0 Å². The Morgan fingerprint density at radius 1 is 1.03 bits per heavy atom. The maximum atomic E-state index is 13.5. The van der Waals surface area contributed by atoms with Gasteiger partial charge in [0.1, 0.15) is 12.3 Å². The van der Waals surface area contributed by atoms with E-state index in [0.29, 0.717) is 30.1 Å². The quantitative estimate of drug-likeness (QED) is 0.259. The molecule has 4 aromatic rings. The van der Waals surface area contributed by atoms with E-state index < -0.39 is 25.5 Å². The zero-order valence-corrected chi connectivity index (χ0v) is 22.6. The second kappa shape index (κ2) is 9.12. The summed E-state index contributed by atoms with van der Waals surface area (Å²) in [4.78, 5) is 26.4. The Balaban J connectivity index is 1.73. The highest BCUT2D eigenvalue weighted by Gasteiger charge is 2.24. The third-order valence-corrected chi connectivity index (χ3v) is 7.41. The fourth-order valence-electron chi connectivity index (χ4n) is 3.98. The van der Waals surface area contributed by atoms with Gasteiger partial charge in [-0.25, -0.2) is 14.3 Å². The summed E-state index contributed by atoms with van der Waals surface area (Å²) >= 11 is 0. The van der Waals surface area contributed by atoms with Crippen LogP contribution in [0, 0.1) is 6.92 Å². The minimum atomic E-state index is -1.16. The number of rotatable bonds is 6. The van der Waals surface area contributed by atoms with Gasteiger partial charge in [0.2, 0.25) is 0 Å². The zero-order chi connectivity index (χ0) is 25.5. The summed E-state index contributed by atoms with van der Waals surface area (Å²) in [5.74, 6) is 0. The van der Waals surface area contributed by atoms with Crippen LogP contribution in [0.25, 0.3) is 27.6 Å². The lowest BCUT2D eigenvalue weighted by Crippen LogP contribution is -2.34. The van der Waals surface area contributed by atoms with Crippen LogP contribution in [-0.4, -0.2) is 45.3 Å². The largest absolute Gasteiger partial charge is 0.443 e. The van der Waals surface area contributed by atoms with Gasteiger partial charge < -0.3 is 9.47 Å². The molecule has 2 aromatic carbocycles. The summed E-state index contributed by atoms with van der Waals surface area (Å²) in [7, 11) is -1.16. The molecule has 0 saturated heterocycles. The zero-order valence-electron chi connectivity index (χ0n) is 21.6. The van der Waals surface area contributed by atoms with Gasteiger partial charge in [0.25, 0.3) is 0 Å². The highest BCUT2D eigenvalue weighted by Crippen LogP contribution is 2.25. The Morgan fingerprint density at radius 3 is 2.37 bits per heavy atom. The van der Waals surface area contributed by atoms with Crippen LogP contribution in [0.4, 0.5) is 4.79 Å². The molecule has 0 N–H and O–H groups in total. The van der Waals surface area contributed by atoms with E-state index in [2.05, 4.69) is 24.7 Å². The SMILES string of the molecule is Cc1nn(COCC[Si](C)(C)C)c2ccc(-n3c(=O)n(C(=O)OC(C)(C)C)c4ccccc43)cc12. The first-order valence-corrected chi connectivity index (χ1v) is 15.6. The van der Waals surface area contributed by atoms with Crippen molar-refractivity contribution >= 4 is 36.1 Å². The normalized spacial score (nSPS) is 12.5. The van der Waals surface area contributed by atoms with Gasteiger partial charge in [-0.3, -0.25) is 4.57 Å². The van der Waals surface area contributed by atoms with Crippen molar-refractivity contribution in [3.8, 4) is 5.69 Å². The molecule has 4 rings (SSSR count). The minimum Gasteiger partial charge on any atom is -0.443 e. The molecule has 0 aliphatic heterocycles. The smallest absolute Gasteiger partial charge is 0.423 e. The van der Waals surface area contributed by atoms with Gasteiger partial charge in [0.15, 0.2) is 0 Å². The number of imidazole rings is 1. The molecular weight excluding hydrogens is 460 g/mol. The van der Waals surface area contributed by atoms with E-state index in [9.17, 15) is 9.59 Å². The summed E-state index contributed by atoms with van der Waals surface area (Å²) < 4.78 is 15.9. The average molecular weight is 495 g/mol. The summed E-state index contributed by atoms with van der Waals surface area (Å²) in [5, 5.41) is 5.58. The standard InChI is InChI=1S/C26H34N4O4Si/c1-18-20-16-19(12-13-21(20)28(27-18)17-33-14-15-35(5,6)7)29-22-10-8-9-11-23(22)30(24(29)31)25(32)34-26(2,3)4/h8-13,16H,14-15,17H2,1-7H3. The lowest BCUT2D eigenvalue weighted by atomic mass is 10.2. The van der Waals surface area contributed by atoms with Crippen LogP contribution in [0.3, 0.4) is 0 Å². The van der Waals surface area contributed by atoms with Gasteiger partial charge in [-0.2, -0.15) is 9.67 Å². The number of ether oxygens (including phenoxy) is 2. The Hall–Kier alpha value is -3.17. The van der Waals surface area contributed by atoms with Gasteiger partial charge in [0.05, 0.1) is 27.9 Å². The van der Waals surface area contributed by atoms with E-state index in [1.165, 1.54) is 0 Å². The van der Waals surface area contributed by atoms with Crippen molar-refractivity contribution in [3.63, 3.8) is 0 Å². The Morgan fingerprint density at radius 2 is 1.71 bits per heavy atom. The summed E-state index contributed by atoms with van der Waals surface area (Å²) in [6.45, 7) is 15.3. The van der Waals surface area contributed by atoms with Gasteiger partial charge in [0, 0.05) is 20.1 Å². The number of fused-ring (bicyclic) bond motifs is 2. The molecule has 0 bridgehead atoms. The number of carbonyl (C=O) groups is 1. The Labute approximate surface area is 206 Å². The molecule has 0 fully saturated rings. The van der Waals surface area contributed by atoms with Crippen molar-refractivity contribution < 1.29 is 14.3 Å². The van der Waals surface area contributed by atoms with E-state index in [4.69, 9.17) is 9.47 Å². The number of para-hydroxylation sites is 2. The fraction of sp³-hybridized carbons (Fsp3) is 0.423. The van der Waals surface area contributed by atoms with Crippen molar-refractivity contribution in [3.05, 3.63) is 58.6 Å². The van der Waals surface area contributed by atoms with Crippen LogP contribution >= 0.6 is 0 Å². The summed E-state index contributed by atoms with van der Waals surface area (Å²) in [6.07, 6.45) is -0.696. The third-order valence-electron chi connectivity index (χ3n) is 5.71. The van der Waals surface area contributed by atoms with Gasteiger partial charge in [-0.1, -0.05) is 31.8 Å². The average Bonchev–Trinajstić information content (AvgIpc) is 3.22. The molecule has 2 aromatic heterocycles. The number of aryl methyl sites for hydroxylation is 1. The Bertz CT molecular complexity index is 1450. The van der Waals surface area contributed by atoms with E-state index >= 15 is 0 Å². The fourth-order valence-corrected chi connectivity index (χ4v) is 4.73. The monoisotopic (exact) mass is 494 g/mol. The molecule has 9 heteroatoms. The minimum absolute atomic E-state index is 0.381. The van der Waals surface area contributed by atoms with Crippen LogP contribution in [0.5, 0.6) is 0 Å². The Kier molecular flexibility index (Phi) is 6.50. The predicted octanol–water partition coefficient (Wildman–Crippen LogP) is 5.55. The summed E-state index contributed by atoms with van der Waals surface area (Å²) in [6, 6.07) is 14.1. The van der Waals surface area contributed by atoms with Crippen molar-refractivity contribution in [2.24, 2.45) is 0 Å². The lowest BCUT2D eigenvalue weighted by Gasteiger charge is -2.19. The van der Waals surface area contributed by atoms with Crippen LogP contribution < -0.4 is 5.69 Å². The second-order valence-corrected chi connectivity index (χ2v) is 16.7. The van der Waals surface area contributed by atoms with Gasteiger partial charge >= 0.3 is 11.8 Å². The van der Waals surface area contributed by atoms with Crippen LogP contribution in [0.1, 0.15) is 26.5 Å². The van der Waals surface area contributed by atoms with E-state index in [1.807, 2.05) is 41.9 Å². The predicted molar refractivity (Wildman–Crippen MR) is 141 cm³/mol. The lowest BCUT2D eigenvalue weighted by molar-refractivity contribution is 0.0538. The molecule has 186 valence electrons. The maximum absolute atomic E-state index is 13.5. The third kappa shape index (κ3) is 5.25. The van der Waals surface area contributed by atoms with Crippen LogP contribution in [0.15, 0.2) is 47.3 Å². The maximum Gasteiger partial charge on any atom is 0.423 e. The number of hydrogen-bond donors (Lipinski definition) is 0.